The fourth-order valence-corrected chi connectivity index (χ4v) is 1.80. The van der Waals surface area contributed by atoms with E-state index < -0.39 is 11.6 Å². The molecule has 116 valence electrons. The lowest BCUT2D eigenvalue weighted by molar-refractivity contribution is 0.0939. The molecule has 0 saturated carbocycles. The van der Waals surface area contributed by atoms with Crippen LogP contribution in [-0.2, 0) is 0 Å². The van der Waals surface area contributed by atoms with E-state index in [1.165, 1.54) is 24.5 Å². The van der Waals surface area contributed by atoms with Crippen molar-refractivity contribution in [2.24, 2.45) is 0 Å². The summed E-state index contributed by atoms with van der Waals surface area (Å²) in [6.45, 7) is 3.85. The number of nitrogens with zero attached hydrogens (tertiary/aromatic N) is 1. The van der Waals surface area contributed by atoms with E-state index in [0.717, 1.165) is 18.6 Å². The summed E-state index contributed by atoms with van der Waals surface area (Å²) in [7, 11) is 0. The first-order valence-electron chi connectivity index (χ1n) is 6.98. The Morgan fingerprint density at radius 2 is 1.95 bits per heavy atom. The van der Waals surface area contributed by atoms with Crippen LogP contribution in [0, 0.1) is 11.6 Å². The number of halogens is 2. The Kier molecular flexibility index (Phi) is 5.04. The van der Waals surface area contributed by atoms with E-state index in [1.54, 1.807) is 0 Å². The molecule has 2 rings (SSSR count). The van der Waals surface area contributed by atoms with Crippen LogP contribution in [0.4, 0.5) is 20.2 Å². The first kappa shape index (κ1) is 15.9. The van der Waals surface area contributed by atoms with Gasteiger partial charge in [0.05, 0.1) is 17.4 Å². The number of benzene rings is 1. The van der Waals surface area contributed by atoms with Gasteiger partial charge in [-0.1, -0.05) is 13.0 Å². The molecule has 1 aromatic carbocycles. The van der Waals surface area contributed by atoms with Crippen molar-refractivity contribution >= 4 is 17.3 Å². The van der Waals surface area contributed by atoms with E-state index in [4.69, 9.17) is 0 Å². The third-order valence-electron chi connectivity index (χ3n) is 3.22. The Balaban J connectivity index is 2.20. The van der Waals surface area contributed by atoms with Gasteiger partial charge in [-0.3, -0.25) is 9.78 Å². The molecule has 0 radical (unpaired) electrons. The van der Waals surface area contributed by atoms with Crippen LogP contribution in [0.1, 0.15) is 30.6 Å². The fraction of sp³-hybridized carbons (Fsp3) is 0.250. The van der Waals surface area contributed by atoms with E-state index in [9.17, 15) is 13.6 Å². The number of pyridine rings is 1. The van der Waals surface area contributed by atoms with E-state index in [2.05, 4.69) is 15.6 Å². The lowest BCUT2D eigenvalue weighted by Crippen LogP contribution is -2.31. The number of para-hydroxylation sites is 1. The minimum Gasteiger partial charge on any atom is -0.350 e. The number of hydrogen-bond donors (Lipinski definition) is 2. The third kappa shape index (κ3) is 3.78. The summed E-state index contributed by atoms with van der Waals surface area (Å²) in [6, 6.07) is 5.12. The zero-order valence-corrected chi connectivity index (χ0v) is 12.4. The van der Waals surface area contributed by atoms with Gasteiger partial charge in [0.25, 0.3) is 5.91 Å². The normalized spacial score (nSPS) is 11.8. The van der Waals surface area contributed by atoms with Gasteiger partial charge >= 0.3 is 0 Å². The maximum Gasteiger partial charge on any atom is 0.253 e. The molecule has 0 aliphatic carbocycles. The third-order valence-corrected chi connectivity index (χ3v) is 3.22. The van der Waals surface area contributed by atoms with Crippen molar-refractivity contribution in [3.8, 4) is 0 Å². The van der Waals surface area contributed by atoms with Crippen molar-refractivity contribution < 1.29 is 13.6 Å². The van der Waals surface area contributed by atoms with Gasteiger partial charge in [0.1, 0.15) is 17.3 Å². The first-order valence-corrected chi connectivity index (χ1v) is 6.98. The minimum absolute atomic E-state index is 0.0353. The Hall–Kier alpha value is -2.50. The summed E-state index contributed by atoms with van der Waals surface area (Å²) in [5.74, 6) is -1.71. The van der Waals surface area contributed by atoms with Crippen LogP contribution in [0.2, 0.25) is 0 Å². The second-order valence-corrected chi connectivity index (χ2v) is 4.97. The molecule has 1 atom stereocenters. The summed E-state index contributed by atoms with van der Waals surface area (Å²) in [4.78, 5) is 16.0. The van der Waals surface area contributed by atoms with Gasteiger partial charge in [-0.15, -0.1) is 0 Å². The maximum absolute atomic E-state index is 13.6. The second-order valence-electron chi connectivity index (χ2n) is 4.97. The van der Waals surface area contributed by atoms with Crippen molar-refractivity contribution in [3.05, 3.63) is 53.9 Å². The molecule has 0 saturated heterocycles. The molecule has 0 fully saturated rings. The summed E-state index contributed by atoms with van der Waals surface area (Å²) in [6.07, 6.45) is 3.60. The van der Waals surface area contributed by atoms with Crippen molar-refractivity contribution in [2.45, 2.75) is 26.3 Å². The zero-order chi connectivity index (χ0) is 16.1. The highest BCUT2D eigenvalue weighted by Gasteiger charge is 2.12. The summed E-state index contributed by atoms with van der Waals surface area (Å²) in [5, 5.41) is 5.42. The number of hydrogen-bond acceptors (Lipinski definition) is 3. The SMILES string of the molecule is CCC(C)NC(=O)c1cncc(Nc2c(F)cccc2F)c1. The number of carbonyl (C=O) groups excluding carboxylic acids is 1. The molecule has 0 aliphatic heterocycles. The molecule has 2 N–H and O–H groups in total. The first-order chi connectivity index (χ1) is 10.5. The number of nitrogens with one attached hydrogen (secondary N) is 2. The van der Waals surface area contributed by atoms with Gasteiger partial charge in [0.15, 0.2) is 0 Å². The second kappa shape index (κ2) is 6.98. The van der Waals surface area contributed by atoms with Crippen molar-refractivity contribution in [1.29, 1.82) is 0 Å². The highest BCUT2D eigenvalue weighted by atomic mass is 19.1. The molecule has 0 aliphatic rings. The molecular formula is C16H17F2N3O. The quantitative estimate of drug-likeness (QED) is 0.887. The van der Waals surface area contributed by atoms with Gasteiger partial charge in [0.2, 0.25) is 0 Å². The minimum atomic E-state index is -0.713. The van der Waals surface area contributed by atoms with Crippen LogP contribution in [0.5, 0.6) is 0 Å². The number of carbonyl (C=O) groups is 1. The Morgan fingerprint density at radius 3 is 2.59 bits per heavy atom. The molecular weight excluding hydrogens is 288 g/mol. The molecule has 1 heterocycles. The fourth-order valence-electron chi connectivity index (χ4n) is 1.80. The standard InChI is InChI=1S/C16H17F2N3O/c1-3-10(2)20-16(22)11-7-12(9-19-8-11)21-15-13(17)5-4-6-14(15)18/h4-10,21H,3H2,1-2H3,(H,20,22). The van der Waals surface area contributed by atoms with Crippen LogP contribution in [-0.4, -0.2) is 16.9 Å². The highest BCUT2D eigenvalue weighted by Crippen LogP contribution is 2.23. The van der Waals surface area contributed by atoms with Crippen molar-refractivity contribution in [1.82, 2.24) is 10.3 Å². The van der Waals surface area contributed by atoms with Crippen LogP contribution in [0.25, 0.3) is 0 Å². The molecule has 22 heavy (non-hydrogen) atoms. The van der Waals surface area contributed by atoms with E-state index >= 15 is 0 Å². The zero-order valence-electron chi connectivity index (χ0n) is 12.4. The molecule has 6 heteroatoms. The van der Waals surface area contributed by atoms with Crippen LogP contribution in [0.15, 0.2) is 36.7 Å². The van der Waals surface area contributed by atoms with Crippen LogP contribution >= 0.6 is 0 Å². The average Bonchev–Trinajstić information content (AvgIpc) is 2.51. The van der Waals surface area contributed by atoms with E-state index in [-0.39, 0.29) is 17.6 Å². The lowest BCUT2D eigenvalue weighted by atomic mass is 10.2. The Morgan fingerprint density at radius 1 is 1.27 bits per heavy atom. The monoisotopic (exact) mass is 305 g/mol. The Bertz CT molecular complexity index is 656. The number of anilines is 2. The van der Waals surface area contributed by atoms with Crippen LogP contribution < -0.4 is 10.6 Å². The summed E-state index contributed by atoms with van der Waals surface area (Å²) >= 11 is 0. The smallest absolute Gasteiger partial charge is 0.253 e. The van der Waals surface area contributed by atoms with E-state index in [1.807, 2.05) is 13.8 Å². The predicted molar refractivity (Wildman–Crippen MR) is 81.1 cm³/mol. The number of amides is 1. The molecule has 0 spiro atoms. The van der Waals surface area contributed by atoms with Gasteiger partial charge in [0, 0.05) is 12.2 Å². The molecule has 1 aromatic heterocycles. The Labute approximate surface area is 127 Å². The highest BCUT2D eigenvalue weighted by molar-refractivity contribution is 5.95. The molecule has 4 nitrogen and oxygen atoms in total. The number of rotatable bonds is 5. The number of aromatic nitrogens is 1. The molecule has 1 amide bonds. The molecule has 0 bridgehead atoms. The predicted octanol–water partition coefficient (Wildman–Crippen LogP) is 3.63. The largest absolute Gasteiger partial charge is 0.350 e. The van der Waals surface area contributed by atoms with Gasteiger partial charge in [-0.2, -0.15) is 0 Å². The van der Waals surface area contributed by atoms with Gasteiger partial charge < -0.3 is 10.6 Å². The topological polar surface area (TPSA) is 54.0 Å². The van der Waals surface area contributed by atoms with Crippen LogP contribution in [0.3, 0.4) is 0 Å². The van der Waals surface area contributed by atoms with Gasteiger partial charge in [-0.25, -0.2) is 8.78 Å². The van der Waals surface area contributed by atoms with Crippen molar-refractivity contribution in [3.63, 3.8) is 0 Å². The van der Waals surface area contributed by atoms with Gasteiger partial charge in [-0.05, 0) is 31.5 Å². The molecule has 1 unspecified atom stereocenters. The summed E-state index contributed by atoms with van der Waals surface area (Å²) < 4.78 is 27.2. The molecule has 2 aromatic rings. The summed E-state index contributed by atoms with van der Waals surface area (Å²) in [5.41, 5.74) is 0.381. The average molecular weight is 305 g/mol. The lowest BCUT2D eigenvalue weighted by Gasteiger charge is -2.12. The van der Waals surface area contributed by atoms with Crippen molar-refractivity contribution in [2.75, 3.05) is 5.32 Å². The maximum atomic E-state index is 13.6. The van der Waals surface area contributed by atoms with E-state index in [0.29, 0.717) is 11.3 Å².